The van der Waals surface area contributed by atoms with Crippen LogP contribution < -0.4 is 5.32 Å². The molecule has 1 aromatic heterocycles. The predicted molar refractivity (Wildman–Crippen MR) is 67.4 cm³/mol. The summed E-state index contributed by atoms with van der Waals surface area (Å²) in [6.45, 7) is 3.26. The molecular weight excluding hydrogens is 230 g/mol. The van der Waals surface area contributed by atoms with Crippen LogP contribution >= 0.6 is 0 Å². The van der Waals surface area contributed by atoms with Crippen LogP contribution in [-0.4, -0.2) is 42.2 Å². The van der Waals surface area contributed by atoms with Gasteiger partial charge in [0.15, 0.2) is 0 Å². The maximum Gasteiger partial charge on any atom is 0.0957 e. The largest absolute Gasteiger partial charge is 0.378 e. The van der Waals surface area contributed by atoms with Crippen molar-refractivity contribution in [3.8, 4) is 0 Å². The van der Waals surface area contributed by atoms with E-state index in [0.717, 1.165) is 45.6 Å². The van der Waals surface area contributed by atoms with E-state index in [-0.39, 0.29) is 5.60 Å². The molecule has 0 aliphatic carbocycles. The first-order valence-corrected chi connectivity index (χ1v) is 6.71. The maximum atomic E-state index is 5.95. The van der Waals surface area contributed by atoms with Crippen LogP contribution in [0.15, 0.2) is 12.4 Å². The fraction of sp³-hybridized carbons (Fsp3) is 0.769. The van der Waals surface area contributed by atoms with E-state index in [0.29, 0.717) is 6.04 Å². The molecule has 0 radical (unpaired) electrons. The van der Waals surface area contributed by atoms with E-state index in [2.05, 4.69) is 21.3 Å². The Morgan fingerprint density at radius 2 is 2.50 bits per heavy atom. The first kappa shape index (κ1) is 12.1. The van der Waals surface area contributed by atoms with Crippen LogP contribution in [0, 0.1) is 0 Å². The van der Waals surface area contributed by atoms with Gasteiger partial charge in [0.05, 0.1) is 24.4 Å². The molecule has 0 aromatic carbocycles. The molecule has 3 rings (SSSR count). The Kier molecular flexibility index (Phi) is 3.37. The van der Waals surface area contributed by atoms with Crippen LogP contribution in [-0.2, 0) is 16.0 Å². The fourth-order valence-electron chi connectivity index (χ4n) is 2.96. The summed E-state index contributed by atoms with van der Waals surface area (Å²) in [6.07, 6.45) is 7.18. The standard InChI is InChI=1S/C13H21N3O2/c1-14-7-11-8-15-16(9-11)12-2-4-18-13(6-12)3-5-17-10-13/h8-9,12,14H,2-7,10H2,1H3. The van der Waals surface area contributed by atoms with Crippen molar-refractivity contribution in [2.75, 3.05) is 26.9 Å². The summed E-state index contributed by atoms with van der Waals surface area (Å²) >= 11 is 0. The lowest BCUT2D eigenvalue weighted by Crippen LogP contribution is -2.41. The number of rotatable bonds is 3. The van der Waals surface area contributed by atoms with Crippen molar-refractivity contribution < 1.29 is 9.47 Å². The van der Waals surface area contributed by atoms with Crippen molar-refractivity contribution >= 4 is 0 Å². The normalized spacial score (nSPS) is 32.2. The SMILES string of the molecule is CNCc1cnn(C2CCOC3(CCOC3)C2)c1. The molecule has 5 heteroatoms. The molecule has 100 valence electrons. The lowest BCUT2D eigenvalue weighted by Gasteiger charge is -2.37. The van der Waals surface area contributed by atoms with Gasteiger partial charge in [-0.2, -0.15) is 5.10 Å². The summed E-state index contributed by atoms with van der Waals surface area (Å²) in [5.74, 6) is 0. The van der Waals surface area contributed by atoms with E-state index >= 15 is 0 Å². The van der Waals surface area contributed by atoms with E-state index in [1.54, 1.807) is 0 Å². The quantitative estimate of drug-likeness (QED) is 0.874. The van der Waals surface area contributed by atoms with Gasteiger partial charge in [0.25, 0.3) is 0 Å². The summed E-state index contributed by atoms with van der Waals surface area (Å²) in [7, 11) is 1.96. The zero-order valence-corrected chi connectivity index (χ0v) is 10.9. The van der Waals surface area contributed by atoms with E-state index in [1.807, 2.05) is 13.2 Å². The monoisotopic (exact) mass is 251 g/mol. The van der Waals surface area contributed by atoms with Crippen LogP contribution in [0.2, 0.25) is 0 Å². The van der Waals surface area contributed by atoms with Gasteiger partial charge in [-0.25, -0.2) is 0 Å². The molecule has 2 aliphatic heterocycles. The Labute approximate surface area is 107 Å². The smallest absolute Gasteiger partial charge is 0.0957 e. The van der Waals surface area contributed by atoms with Gasteiger partial charge in [-0.05, 0) is 13.5 Å². The maximum absolute atomic E-state index is 5.95. The Balaban J connectivity index is 1.71. The minimum Gasteiger partial charge on any atom is -0.378 e. The third-order valence-electron chi connectivity index (χ3n) is 3.94. The van der Waals surface area contributed by atoms with Gasteiger partial charge in [0.2, 0.25) is 0 Å². The van der Waals surface area contributed by atoms with Crippen molar-refractivity contribution in [2.45, 2.75) is 37.5 Å². The van der Waals surface area contributed by atoms with E-state index in [4.69, 9.17) is 9.47 Å². The minimum atomic E-state index is -0.0436. The van der Waals surface area contributed by atoms with Gasteiger partial charge in [0, 0.05) is 44.4 Å². The Morgan fingerprint density at radius 1 is 1.56 bits per heavy atom. The molecule has 1 spiro atoms. The van der Waals surface area contributed by atoms with Crippen molar-refractivity contribution in [3.63, 3.8) is 0 Å². The molecule has 0 amide bonds. The Hall–Kier alpha value is -0.910. The van der Waals surface area contributed by atoms with Gasteiger partial charge in [-0.3, -0.25) is 4.68 Å². The fourth-order valence-corrected chi connectivity index (χ4v) is 2.96. The molecule has 0 saturated carbocycles. The number of nitrogens with zero attached hydrogens (tertiary/aromatic N) is 2. The van der Waals surface area contributed by atoms with E-state index in [9.17, 15) is 0 Å². The summed E-state index contributed by atoms with van der Waals surface area (Å²) in [5, 5.41) is 7.64. The third kappa shape index (κ3) is 2.30. The molecule has 1 aromatic rings. The van der Waals surface area contributed by atoms with Crippen LogP contribution in [0.3, 0.4) is 0 Å². The van der Waals surface area contributed by atoms with Gasteiger partial charge < -0.3 is 14.8 Å². The highest BCUT2D eigenvalue weighted by Crippen LogP contribution is 2.37. The van der Waals surface area contributed by atoms with Crippen LogP contribution in [0.1, 0.15) is 30.9 Å². The number of hydrogen-bond donors (Lipinski definition) is 1. The molecule has 0 bridgehead atoms. The second-order valence-corrected chi connectivity index (χ2v) is 5.34. The van der Waals surface area contributed by atoms with Gasteiger partial charge in [-0.1, -0.05) is 0 Å². The lowest BCUT2D eigenvalue weighted by atomic mass is 9.90. The number of hydrogen-bond acceptors (Lipinski definition) is 4. The zero-order valence-electron chi connectivity index (χ0n) is 10.9. The topological polar surface area (TPSA) is 48.3 Å². The molecule has 5 nitrogen and oxygen atoms in total. The van der Waals surface area contributed by atoms with Crippen molar-refractivity contribution in [1.29, 1.82) is 0 Å². The second-order valence-electron chi connectivity index (χ2n) is 5.34. The Morgan fingerprint density at radius 3 is 3.28 bits per heavy atom. The highest BCUT2D eigenvalue weighted by molar-refractivity contribution is 5.05. The summed E-state index contributed by atoms with van der Waals surface area (Å²) < 4.78 is 13.6. The van der Waals surface area contributed by atoms with Crippen LogP contribution in [0.4, 0.5) is 0 Å². The van der Waals surface area contributed by atoms with E-state index in [1.165, 1.54) is 5.56 Å². The van der Waals surface area contributed by atoms with E-state index < -0.39 is 0 Å². The lowest BCUT2D eigenvalue weighted by molar-refractivity contribution is -0.0962. The predicted octanol–water partition coefficient (Wildman–Crippen LogP) is 1.11. The van der Waals surface area contributed by atoms with Crippen LogP contribution in [0.25, 0.3) is 0 Å². The molecule has 2 atom stereocenters. The Bertz CT molecular complexity index is 399. The van der Waals surface area contributed by atoms with Crippen molar-refractivity contribution in [3.05, 3.63) is 18.0 Å². The first-order valence-electron chi connectivity index (χ1n) is 6.71. The first-order chi connectivity index (χ1) is 8.81. The molecule has 2 unspecified atom stereocenters. The van der Waals surface area contributed by atoms with Crippen LogP contribution in [0.5, 0.6) is 0 Å². The minimum absolute atomic E-state index is 0.0436. The third-order valence-corrected chi connectivity index (χ3v) is 3.94. The molecule has 18 heavy (non-hydrogen) atoms. The van der Waals surface area contributed by atoms with Crippen molar-refractivity contribution in [2.24, 2.45) is 0 Å². The second kappa shape index (κ2) is 4.99. The summed E-state index contributed by atoms with van der Waals surface area (Å²) in [4.78, 5) is 0. The molecule has 2 saturated heterocycles. The van der Waals surface area contributed by atoms with Gasteiger partial charge in [0.1, 0.15) is 0 Å². The molecule has 3 heterocycles. The van der Waals surface area contributed by atoms with Gasteiger partial charge >= 0.3 is 0 Å². The zero-order chi connectivity index (χ0) is 12.4. The molecule has 2 fully saturated rings. The van der Waals surface area contributed by atoms with Crippen molar-refractivity contribution in [1.82, 2.24) is 15.1 Å². The highest BCUT2D eigenvalue weighted by Gasteiger charge is 2.41. The number of aromatic nitrogens is 2. The van der Waals surface area contributed by atoms with Gasteiger partial charge in [-0.15, -0.1) is 0 Å². The average molecular weight is 251 g/mol. The number of nitrogens with one attached hydrogen (secondary N) is 1. The average Bonchev–Trinajstić information content (AvgIpc) is 3.00. The molecule has 2 aliphatic rings. The highest BCUT2D eigenvalue weighted by atomic mass is 16.6. The molecular formula is C13H21N3O2. The molecule has 1 N–H and O–H groups in total. The number of ether oxygens (including phenoxy) is 2. The summed E-state index contributed by atoms with van der Waals surface area (Å²) in [6, 6.07) is 0.450. The summed E-state index contributed by atoms with van der Waals surface area (Å²) in [5.41, 5.74) is 1.19.